The van der Waals surface area contributed by atoms with Gasteiger partial charge in [-0.25, -0.2) is 0 Å². The highest BCUT2D eigenvalue weighted by molar-refractivity contribution is 7.86. The highest BCUT2D eigenvalue weighted by Crippen LogP contribution is 2.35. The minimum absolute atomic E-state index is 0.0423. The average molecular weight is 651 g/mol. The molecule has 5 N–H and O–H groups in total. The predicted octanol–water partition coefficient (Wildman–Crippen LogP) is 4.26. The van der Waals surface area contributed by atoms with Gasteiger partial charge in [0.1, 0.15) is 22.0 Å². The van der Waals surface area contributed by atoms with Gasteiger partial charge in [-0.2, -0.15) is 31.8 Å². The molecule has 43 heavy (non-hydrogen) atoms. The molecule has 0 saturated carbocycles. The summed E-state index contributed by atoms with van der Waals surface area (Å²) in [5, 5.41) is 24.0. The second kappa shape index (κ2) is 12.4. The van der Waals surface area contributed by atoms with Crippen LogP contribution in [0.2, 0.25) is 5.28 Å². The standard InChI is InChI=1S/C24H23ClN8O8S2/c1-3-33-20(34)16(12-42(36,37)38)13(2)19(21(33)35)32-31-17-11-15(9-10-18(17)43(39,40)41)27-24-29-22(25)28-23(30-24)26-14-7-5-4-6-8-14/h4-11,35H,3,12H2,1-2H3,(H,36,37,38)(H,39,40,41)(H2,26,27,28,29,30). The average Bonchev–Trinajstić information content (AvgIpc) is 2.90. The fourth-order valence-corrected chi connectivity index (χ4v) is 5.33. The van der Waals surface area contributed by atoms with E-state index in [-0.39, 0.29) is 46.2 Å². The molecule has 0 fully saturated rings. The van der Waals surface area contributed by atoms with E-state index in [0.29, 0.717) is 5.69 Å². The van der Waals surface area contributed by atoms with Gasteiger partial charge in [-0.05, 0) is 61.3 Å². The molecule has 2 aromatic heterocycles. The number of para-hydroxylation sites is 1. The van der Waals surface area contributed by atoms with Crippen molar-refractivity contribution in [1.29, 1.82) is 0 Å². The molecular weight excluding hydrogens is 628 g/mol. The molecule has 0 saturated heterocycles. The van der Waals surface area contributed by atoms with E-state index in [2.05, 4.69) is 35.8 Å². The minimum atomic E-state index is -4.83. The fraction of sp³-hybridized carbons (Fsp3) is 0.167. The Morgan fingerprint density at radius 1 is 0.930 bits per heavy atom. The maximum Gasteiger partial charge on any atom is 0.296 e. The number of anilines is 4. The van der Waals surface area contributed by atoms with Crippen LogP contribution in [0.15, 0.2) is 68.4 Å². The zero-order valence-electron chi connectivity index (χ0n) is 22.3. The Hall–Kier alpha value is -4.49. The van der Waals surface area contributed by atoms with Crippen molar-refractivity contribution in [3.05, 3.63) is 75.3 Å². The Kier molecular flexibility index (Phi) is 9.07. The van der Waals surface area contributed by atoms with Crippen LogP contribution in [0.5, 0.6) is 5.88 Å². The van der Waals surface area contributed by atoms with Crippen LogP contribution >= 0.6 is 11.6 Å². The number of aromatic nitrogens is 4. The second-order valence-corrected chi connectivity index (χ2v) is 12.0. The Balaban J connectivity index is 1.76. The number of azo groups is 1. The lowest BCUT2D eigenvalue weighted by atomic mass is 10.1. The van der Waals surface area contributed by atoms with Crippen molar-refractivity contribution in [3.63, 3.8) is 0 Å². The highest BCUT2D eigenvalue weighted by atomic mass is 35.5. The molecular formula is C24H23ClN8O8S2. The summed E-state index contributed by atoms with van der Waals surface area (Å²) in [6.45, 7) is 2.66. The molecule has 16 nitrogen and oxygen atoms in total. The van der Waals surface area contributed by atoms with Crippen molar-refractivity contribution < 1.29 is 31.0 Å². The summed E-state index contributed by atoms with van der Waals surface area (Å²) in [6, 6.07) is 12.4. The SMILES string of the molecule is CCn1c(O)c(N=Nc2cc(Nc3nc(Cl)nc(Nc4ccccc4)n3)ccc2S(=O)(=O)O)c(C)c(CS(=O)(=O)O)c1=O. The Labute approximate surface area is 249 Å². The van der Waals surface area contributed by atoms with E-state index in [1.54, 1.807) is 24.3 Å². The predicted molar refractivity (Wildman–Crippen MR) is 156 cm³/mol. The molecule has 0 radical (unpaired) electrons. The molecule has 19 heteroatoms. The maximum absolute atomic E-state index is 12.7. The first kappa shape index (κ1) is 31.4. The molecule has 2 aromatic carbocycles. The molecule has 0 atom stereocenters. The monoisotopic (exact) mass is 650 g/mol. The number of rotatable bonds is 10. The van der Waals surface area contributed by atoms with Crippen molar-refractivity contribution in [3.8, 4) is 5.88 Å². The van der Waals surface area contributed by atoms with Gasteiger partial charge in [-0.3, -0.25) is 18.5 Å². The van der Waals surface area contributed by atoms with Crippen LogP contribution in [0.1, 0.15) is 18.1 Å². The third-order valence-corrected chi connectivity index (χ3v) is 7.53. The van der Waals surface area contributed by atoms with Gasteiger partial charge in [-0.15, -0.1) is 10.2 Å². The molecule has 226 valence electrons. The smallest absolute Gasteiger partial charge is 0.296 e. The number of benzene rings is 2. The number of pyridine rings is 1. The molecule has 0 spiro atoms. The molecule has 0 bridgehead atoms. The van der Waals surface area contributed by atoms with E-state index in [9.17, 15) is 35.8 Å². The minimum Gasteiger partial charge on any atom is -0.493 e. The lowest BCUT2D eigenvalue weighted by molar-refractivity contribution is 0.411. The van der Waals surface area contributed by atoms with E-state index in [0.717, 1.165) is 16.7 Å². The normalized spacial score (nSPS) is 12.0. The van der Waals surface area contributed by atoms with Gasteiger partial charge < -0.3 is 15.7 Å². The highest BCUT2D eigenvalue weighted by Gasteiger charge is 2.23. The van der Waals surface area contributed by atoms with Crippen molar-refractivity contribution in [2.75, 3.05) is 10.6 Å². The lowest BCUT2D eigenvalue weighted by Gasteiger charge is -2.14. The van der Waals surface area contributed by atoms with Crippen LogP contribution in [-0.2, 0) is 32.5 Å². The lowest BCUT2D eigenvalue weighted by Crippen LogP contribution is -2.26. The number of hydrogen-bond donors (Lipinski definition) is 5. The Bertz CT molecular complexity index is 2000. The van der Waals surface area contributed by atoms with Crippen LogP contribution in [0, 0.1) is 6.92 Å². The molecule has 0 unspecified atom stereocenters. The van der Waals surface area contributed by atoms with E-state index < -0.39 is 48.0 Å². The fourth-order valence-electron chi connectivity index (χ4n) is 3.86. The van der Waals surface area contributed by atoms with Crippen molar-refractivity contribution in [2.45, 2.75) is 31.0 Å². The van der Waals surface area contributed by atoms with Gasteiger partial charge in [0.05, 0.1) is 0 Å². The van der Waals surface area contributed by atoms with E-state index in [1.165, 1.54) is 19.9 Å². The van der Waals surface area contributed by atoms with Crippen LogP contribution in [-0.4, -0.2) is 50.6 Å². The number of hydrogen-bond acceptors (Lipinski definition) is 13. The summed E-state index contributed by atoms with van der Waals surface area (Å²) in [7, 11) is -9.48. The topological polar surface area (TPSA) is 238 Å². The summed E-state index contributed by atoms with van der Waals surface area (Å²) in [6.07, 6.45) is 0. The number of nitrogens with one attached hydrogen (secondary N) is 2. The summed E-state index contributed by atoms with van der Waals surface area (Å²) in [5.41, 5.74) is -1.34. The van der Waals surface area contributed by atoms with E-state index in [4.69, 9.17) is 11.6 Å². The van der Waals surface area contributed by atoms with Gasteiger partial charge in [0.15, 0.2) is 0 Å². The largest absolute Gasteiger partial charge is 0.493 e. The molecule has 4 rings (SSSR count). The Morgan fingerprint density at radius 2 is 1.56 bits per heavy atom. The first-order valence-corrected chi connectivity index (χ1v) is 15.5. The number of halogens is 1. The van der Waals surface area contributed by atoms with Gasteiger partial charge in [0.2, 0.25) is 23.1 Å². The molecule has 0 aliphatic heterocycles. The molecule has 0 aliphatic rings. The van der Waals surface area contributed by atoms with E-state index in [1.807, 2.05) is 6.07 Å². The first-order chi connectivity index (χ1) is 20.2. The van der Waals surface area contributed by atoms with Crippen LogP contribution in [0.4, 0.5) is 34.6 Å². The Morgan fingerprint density at radius 3 is 2.14 bits per heavy atom. The first-order valence-electron chi connectivity index (χ1n) is 12.1. The van der Waals surface area contributed by atoms with Crippen LogP contribution in [0.25, 0.3) is 0 Å². The third kappa shape index (κ3) is 7.67. The van der Waals surface area contributed by atoms with E-state index >= 15 is 0 Å². The quantitative estimate of drug-likeness (QED) is 0.119. The van der Waals surface area contributed by atoms with Crippen molar-refractivity contribution >= 4 is 66.5 Å². The van der Waals surface area contributed by atoms with Crippen LogP contribution < -0.4 is 16.2 Å². The van der Waals surface area contributed by atoms with Crippen LogP contribution in [0.3, 0.4) is 0 Å². The van der Waals surface area contributed by atoms with Gasteiger partial charge in [0, 0.05) is 23.5 Å². The summed E-state index contributed by atoms with van der Waals surface area (Å²) >= 11 is 6.05. The molecule has 2 heterocycles. The summed E-state index contributed by atoms with van der Waals surface area (Å²) < 4.78 is 67.1. The zero-order valence-corrected chi connectivity index (χ0v) is 24.7. The summed E-state index contributed by atoms with van der Waals surface area (Å²) in [4.78, 5) is 24.3. The van der Waals surface area contributed by atoms with Crippen molar-refractivity contribution in [1.82, 2.24) is 19.5 Å². The molecule has 0 aliphatic carbocycles. The van der Waals surface area contributed by atoms with Gasteiger partial charge in [0.25, 0.3) is 25.8 Å². The maximum atomic E-state index is 12.7. The summed E-state index contributed by atoms with van der Waals surface area (Å²) in [5.74, 6) is -1.69. The number of nitrogens with zero attached hydrogens (tertiary/aromatic N) is 6. The van der Waals surface area contributed by atoms with Gasteiger partial charge in [-0.1, -0.05) is 18.2 Å². The number of aromatic hydroxyl groups is 1. The second-order valence-electron chi connectivity index (χ2n) is 8.78. The zero-order chi connectivity index (χ0) is 31.5. The molecule has 4 aromatic rings. The van der Waals surface area contributed by atoms with Crippen molar-refractivity contribution in [2.24, 2.45) is 10.2 Å². The molecule has 0 amide bonds. The van der Waals surface area contributed by atoms with Gasteiger partial charge >= 0.3 is 0 Å². The third-order valence-electron chi connectivity index (χ3n) is 5.81.